The van der Waals surface area contributed by atoms with E-state index in [2.05, 4.69) is 9.97 Å². The van der Waals surface area contributed by atoms with Gasteiger partial charge in [0.2, 0.25) is 0 Å². The van der Waals surface area contributed by atoms with E-state index in [-0.39, 0.29) is 13.0 Å². The van der Waals surface area contributed by atoms with Gasteiger partial charge in [0.05, 0.1) is 12.6 Å². The average Bonchev–Trinajstić information content (AvgIpc) is 3.09. The third-order valence-corrected chi connectivity index (χ3v) is 5.28. The lowest BCUT2D eigenvalue weighted by Gasteiger charge is -2.42. The molecule has 4 nitrogen and oxygen atoms in total. The molecule has 6 heteroatoms. The van der Waals surface area contributed by atoms with Crippen LogP contribution in [-0.4, -0.2) is 39.0 Å². The van der Waals surface area contributed by atoms with Gasteiger partial charge in [-0.05, 0) is 17.7 Å². The van der Waals surface area contributed by atoms with Crippen molar-refractivity contribution in [3.63, 3.8) is 0 Å². The highest BCUT2D eigenvalue weighted by atomic mass is 19.3. The second kappa shape index (κ2) is 7.37. The molecule has 0 saturated carbocycles. The molecule has 3 aromatic rings. The fourth-order valence-corrected chi connectivity index (χ4v) is 3.99. The maximum absolute atomic E-state index is 14.1. The monoisotopic (exact) mass is 381 g/mol. The first-order valence-electron chi connectivity index (χ1n) is 9.21. The van der Waals surface area contributed by atoms with Gasteiger partial charge in [-0.25, -0.2) is 8.78 Å². The number of pyridine rings is 2. The minimum Gasteiger partial charge on any atom is -0.378 e. The fourth-order valence-electron chi connectivity index (χ4n) is 3.99. The van der Waals surface area contributed by atoms with E-state index in [9.17, 15) is 13.9 Å². The second-order valence-corrected chi connectivity index (χ2v) is 7.14. The Bertz CT molecular complexity index is 867. The molecule has 4 rings (SSSR count). The van der Waals surface area contributed by atoms with E-state index in [0.29, 0.717) is 11.1 Å². The summed E-state index contributed by atoms with van der Waals surface area (Å²) in [6, 6.07) is 15.6. The van der Waals surface area contributed by atoms with Gasteiger partial charge in [0.25, 0.3) is 5.92 Å². The zero-order valence-electron chi connectivity index (χ0n) is 15.2. The quantitative estimate of drug-likeness (QED) is 0.731. The summed E-state index contributed by atoms with van der Waals surface area (Å²) in [5.74, 6) is -2.78. The number of aliphatic hydroxyl groups is 1. The van der Waals surface area contributed by atoms with Gasteiger partial charge in [-0.2, -0.15) is 0 Å². The van der Waals surface area contributed by atoms with Crippen molar-refractivity contribution in [3.05, 3.63) is 96.1 Å². The normalized spacial score (nSPS) is 18.1. The van der Waals surface area contributed by atoms with Gasteiger partial charge in [-0.3, -0.25) is 14.9 Å². The minimum absolute atomic E-state index is 0.190. The first kappa shape index (κ1) is 18.7. The Hall–Kier alpha value is -2.70. The molecule has 1 unspecified atom stereocenters. The molecule has 28 heavy (non-hydrogen) atoms. The third kappa shape index (κ3) is 3.41. The van der Waals surface area contributed by atoms with Crippen LogP contribution < -0.4 is 0 Å². The summed E-state index contributed by atoms with van der Waals surface area (Å²) in [5.41, 5.74) is 0.235. The number of nitrogens with zero attached hydrogens (tertiary/aromatic N) is 3. The Morgan fingerprint density at radius 1 is 0.929 bits per heavy atom. The van der Waals surface area contributed by atoms with Gasteiger partial charge in [0.15, 0.2) is 0 Å². The largest absolute Gasteiger partial charge is 0.378 e. The minimum atomic E-state index is -2.78. The smallest absolute Gasteiger partial charge is 0.261 e. The van der Waals surface area contributed by atoms with Crippen molar-refractivity contribution < 1.29 is 13.9 Å². The molecule has 3 heterocycles. The predicted molar refractivity (Wildman–Crippen MR) is 102 cm³/mol. The van der Waals surface area contributed by atoms with Crippen LogP contribution in [0.4, 0.5) is 8.78 Å². The van der Waals surface area contributed by atoms with E-state index >= 15 is 0 Å². The zero-order chi connectivity index (χ0) is 19.6. The fraction of sp³-hybridized carbons (Fsp3) is 0.273. The molecule has 1 aliphatic rings. The van der Waals surface area contributed by atoms with Gasteiger partial charge >= 0.3 is 0 Å². The Kier molecular flexibility index (Phi) is 4.91. The standard InChI is InChI=1S/C22H21F2N3O/c23-21(24)10-13-27(16-21)20(17-6-2-1-3-7-17)22(28,18-8-4-11-25-14-18)19-9-5-12-26-15-19/h1-9,11-12,14-15,20,28H,10,13,16H2. The van der Waals surface area contributed by atoms with Crippen molar-refractivity contribution in [2.45, 2.75) is 24.0 Å². The first-order chi connectivity index (χ1) is 13.5. The van der Waals surface area contributed by atoms with E-state index in [4.69, 9.17) is 0 Å². The van der Waals surface area contributed by atoms with E-state index < -0.39 is 24.1 Å². The molecule has 1 fully saturated rings. The van der Waals surface area contributed by atoms with Gasteiger partial charge in [-0.15, -0.1) is 0 Å². The molecule has 2 aromatic heterocycles. The number of benzene rings is 1. The summed E-state index contributed by atoms with van der Waals surface area (Å²) in [7, 11) is 0. The van der Waals surface area contributed by atoms with E-state index in [1.165, 1.54) is 0 Å². The van der Waals surface area contributed by atoms with Gasteiger partial charge in [0.1, 0.15) is 5.60 Å². The molecule has 1 atom stereocenters. The highest BCUT2D eigenvalue weighted by Crippen LogP contribution is 2.46. The SMILES string of the molecule is OC(c1cccnc1)(c1cccnc1)C(c1ccccc1)N1CCC(F)(F)C1. The van der Waals surface area contributed by atoms with Crippen LogP contribution in [0.2, 0.25) is 0 Å². The number of halogens is 2. The summed E-state index contributed by atoms with van der Waals surface area (Å²) in [5, 5.41) is 12.1. The van der Waals surface area contributed by atoms with Crippen molar-refractivity contribution >= 4 is 0 Å². The van der Waals surface area contributed by atoms with Crippen LogP contribution in [0.5, 0.6) is 0 Å². The number of aromatic nitrogens is 2. The molecule has 1 N–H and O–H groups in total. The number of likely N-dealkylation sites (tertiary alicyclic amines) is 1. The van der Waals surface area contributed by atoms with Crippen LogP contribution in [0.15, 0.2) is 79.4 Å². The Morgan fingerprint density at radius 3 is 2.00 bits per heavy atom. The Labute approximate surface area is 162 Å². The van der Waals surface area contributed by atoms with E-state index in [1.807, 2.05) is 30.3 Å². The molecule has 1 aromatic carbocycles. The van der Waals surface area contributed by atoms with Crippen LogP contribution in [-0.2, 0) is 5.60 Å². The molecule has 144 valence electrons. The molecule has 1 aliphatic heterocycles. The van der Waals surface area contributed by atoms with Crippen molar-refractivity contribution in [3.8, 4) is 0 Å². The average molecular weight is 381 g/mol. The summed E-state index contributed by atoms with van der Waals surface area (Å²) in [6.45, 7) is -0.217. The van der Waals surface area contributed by atoms with Crippen molar-refractivity contribution in [2.24, 2.45) is 0 Å². The number of hydrogen-bond acceptors (Lipinski definition) is 4. The molecular formula is C22H21F2N3O. The molecule has 1 saturated heterocycles. The number of hydrogen-bond donors (Lipinski definition) is 1. The molecule has 0 radical (unpaired) electrons. The lowest BCUT2D eigenvalue weighted by atomic mass is 9.77. The summed E-state index contributed by atoms with van der Waals surface area (Å²) in [4.78, 5) is 9.98. The highest BCUT2D eigenvalue weighted by Gasteiger charge is 2.50. The molecule has 0 amide bonds. The summed E-state index contributed by atoms with van der Waals surface area (Å²) >= 11 is 0. The van der Waals surface area contributed by atoms with Crippen molar-refractivity contribution in [1.82, 2.24) is 14.9 Å². The van der Waals surface area contributed by atoms with Gasteiger partial charge in [0, 0.05) is 48.9 Å². The molecule has 0 bridgehead atoms. The zero-order valence-corrected chi connectivity index (χ0v) is 15.2. The number of rotatable bonds is 5. The molecule has 0 spiro atoms. The summed E-state index contributed by atoms with van der Waals surface area (Å²) in [6.07, 6.45) is 6.17. The summed E-state index contributed by atoms with van der Waals surface area (Å²) < 4.78 is 28.2. The second-order valence-electron chi connectivity index (χ2n) is 7.14. The maximum Gasteiger partial charge on any atom is 0.261 e. The predicted octanol–water partition coefficient (Wildman–Crippen LogP) is 3.79. The van der Waals surface area contributed by atoms with Gasteiger partial charge < -0.3 is 5.11 Å². The van der Waals surface area contributed by atoms with Crippen LogP contribution in [0, 0.1) is 0 Å². The van der Waals surface area contributed by atoms with E-state index in [0.717, 1.165) is 5.56 Å². The van der Waals surface area contributed by atoms with Crippen LogP contribution >= 0.6 is 0 Å². The van der Waals surface area contributed by atoms with Crippen LogP contribution in [0.1, 0.15) is 29.2 Å². The molecular weight excluding hydrogens is 360 g/mol. The van der Waals surface area contributed by atoms with E-state index in [1.54, 1.807) is 54.0 Å². The Balaban J connectivity index is 1.92. The third-order valence-electron chi connectivity index (χ3n) is 5.28. The lowest BCUT2D eigenvalue weighted by Crippen LogP contribution is -2.45. The first-order valence-corrected chi connectivity index (χ1v) is 9.21. The molecule has 0 aliphatic carbocycles. The number of alkyl halides is 2. The van der Waals surface area contributed by atoms with Crippen LogP contribution in [0.25, 0.3) is 0 Å². The highest BCUT2D eigenvalue weighted by molar-refractivity contribution is 5.39. The van der Waals surface area contributed by atoms with Gasteiger partial charge in [-0.1, -0.05) is 42.5 Å². The lowest BCUT2D eigenvalue weighted by molar-refractivity contribution is -0.0384. The maximum atomic E-state index is 14.1. The topological polar surface area (TPSA) is 49.3 Å². The Morgan fingerprint density at radius 2 is 1.54 bits per heavy atom. The van der Waals surface area contributed by atoms with Crippen LogP contribution in [0.3, 0.4) is 0 Å². The van der Waals surface area contributed by atoms with Crippen molar-refractivity contribution in [1.29, 1.82) is 0 Å². The van der Waals surface area contributed by atoms with Crippen molar-refractivity contribution in [2.75, 3.05) is 13.1 Å².